The summed E-state index contributed by atoms with van der Waals surface area (Å²) in [5, 5.41) is 8.30. The predicted octanol–water partition coefficient (Wildman–Crippen LogP) is 5.53. The summed E-state index contributed by atoms with van der Waals surface area (Å²) in [4.78, 5) is 4.58. The Labute approximate surface area is 168 Å². The molecule has 0 amide bonds. The molecule has 148 valence electrons. The van der Waals surface area contributed by atoms with E-state index >= 15 is 0 Å². The zero-order valence-electron chi connectivity index (χ0n) is 16.3. The Balaban J connectivity index is 1.52. The number of aliphatic imine (C=N–C) groups is 1. The summed E-state index contributed by atoms with van der Waals surface area (Å²) in [5.41, 5.74) is 3.16. The van der Waals surface area contributed by atoms with Gasteiger partial charge in [-0.1, -0.05) is 30.3 Å². The third-order valence-electron chi connectivity index (χ3n) is 4.81. The van der Waals surface area contributed by atoms with E-state index in [-0.39, 0.29) is 17.7 Å². The summed E-state index contributed by atoms with van der Waals surface area (Å²) in [7, 11) is 0. The van der Waals surface area contributed by atoms with E-state index in [0.29, 0.717) is 18.0 Å². The Bertz CT molecular complexity index is 1010. The lowest BCUT2D eigenvalue weighted by molar-refractivity contribution is 0.230. The Morgan fingerprint density at radius 1 is 0.931 bits per heavy atom. The van der Waals surface area contributed by atoms with Gasteiger partial charge in [0, 0.05) is 17.3 Å². The maximum absolute atomic E-state index is 14.0. The van der Waals surface area contributed by atoms with Gasteiger partial charge in [-0.3, -0.25) is 4.99 Å². The first-order chi connectivity index (χ1) is 14.0. The molecule has 0 radical (unpaired) electrons. The second-order valence-electron chi connectivity index (χ2n) is 7.27. The minimum atomic E-state index is -0.566. The lowest BCUT2D eigenvalue weighted by atomic mass is 10.0. The molecule has 1 aromatic heterocycles. The molecule has 3 aromatic rings. The number of benzene rings is 2. The van der Waals surface area contributed by atoms with Crippen LogP contribution in [0.4, 0.5) is 8.78 Å². The summed E-state index contributed by atoms with van der Waals surface area (Å²) in [6.45, 7) is 3.87. The van der Waals surface area contributed by atoms with E-state index in [1.54, 1.807) is 6.07 Å². The molecule has 6 heteroatoms. The molecule has 2 aromatic carbocycles. The van der Waals surface area contributed by atoms with Crippen molar-refractivity contribution in [3.63, 3.8) is 0 Å². The Hall–Kier alpha value is -3.15. The van der Waals surface area contributed by atoms with Gasteiger partial charge >= 0.3 is 0 Å². The highest BCUT2D eigenvalue weighted by Gasteiger charge is 2.24. The molecule has 1 aliphatic heterocycles. The fourth-order valence-corrected chi connectivity index (χ4v) is 3.45. The second-order valence-corrected chi connectivity index (χ2v) is 7.27. The number of aromatic nitrogens is 2. The highest BCUT2D eigenvalue weighted by Crippen LogP contribution is 2.33. The van der Waals surface area contributed by atoms with E-state index in [1.165, 1.54) is 18.2 Å². The number of ether oxygens (including phenoxy) is 1. The highest BCUT2D eigenvalue weighted by molar-refractivity contribution is 6.02. The molecular formula is C23H21F2N3O. The van der Waals surface area contributed by atoms with Crippen LogP contribution in [0.5, 0.6) is 5.88 Å². The van der Waals surface area contributed by atoms with Crippen molar-refractivity contribution in [1.29, 1.82) is 0 Å². The van der Waals surface area contributed by atoms with Crippen molar-refractivity contribution in [3.8, 4) is 17.1 Å². The zero-order valence-corrected chi connectivity index (χ0v) is 16.3. The van der Waals surface area contributed by atoms with Crippen LogP contribution in [0.3, 0.4) is 0 Å². The molecular weight excluding hydrogens is 372 g/mol. The van der Waals surface area contributed by atoms with E-state index < -0.39 is 11.6 Å². The third kappa shape index (κ3) is 4.16. The molecule has 4 nitrogen and oxygen atoms in total. The first-order valence-corrected chi connectivity index (χ1v) is 9.63. The molecule has 1 unspecified atom stereocenters. The fourth-order valence-electron chi connectivity index (χ4n) is 3.45. The van der Waals surface area contributed by atoms with Crippen LogP contribution in [0.2, 0.25) is 0 Å². The maximum Gasteiger partial charge on any atom is 0.233 e. The summed E-state index contributed by atoms with van der Waals surface area (Å²) in [5.74, 6) is -0.639. The zero-order chi connectivity index (χ0) is 20.4. The van der Waals surface area contributed by atoms with Gasteiger partial charge in [0.25, 0.3) is 0 Å². The van der Waals surface area contributed by atoms with Crippen molar-refractivity contribution in [1.82, 2.24) is 10.2 Å². The number of hydrogen-bond acceptors (Lipinski definition) is 4. The van der Waals surface area contributed by atoms with Crippen molar-refractivity contribution in [3.05, 3.63) is 77.4 Å². The lowest BCUT2D eigenvalue weighted by Crippen LogP contribution is -2.07. The first-order valence-electron chi connectivity index (χ1n) is 9.63. The topological polar surface area (TPSA) is 47.4 Å². The van der Waals surface area contributed by atoms with Crippen LogP contribution >= 0.6 is 0 Å². The third-order valence-corrected chi connectivity index (χ3v) is 4.81. The van der Waals surface area contributed by atoms with Crippen LogP contribution in [0.1, 0.15) is 43.9 Å². The summed E-state index contributed by atoms with van der Waals surface area (Å²) >= 11 is 0. The van der Waals surface area contributed by atoms with Crippen LogP contribution < -0.4 is 4.74 Å². The van der Waals surface area contributed by atoms with Gasteiger partial charge in [0.05, 0.1) is 23.4 Å². The number of nitrogens with zero attached hydrogens (tertiary/aromatic N) is 3. The normalized spacial score (nSPS) is 16.2. The first kappa shape index (κ1) is 19.2. The summed E-state index contributed by atoms with van der Waals surface area (Å²) in [6, 6.07) is 15.3. The number of halogens is 2. The number of hydrogen-bond donors (Lipinski definition) is 0. The summed E-state index contributed by atoms with van der Waals surface area (Å²) < 4.78 is 33.6. The minimum absolute atomic E-state index is 0.00870. The SMILES string of the molecule is CC(C)Oc1ccc(-c2ccc(C3CCC(c4c(F)cccc4F)=N3)cc2)nn1. The second kappa shape index (κ2) is 8.07. The van der Waals surface area contributed by atoms with Gasteiger partial charge in [-0.15, -0.1) is 10.2 Å². The number of rotatable bonds is 5. The van der Waals surface area contributed by atoms with Crippen molar-refractivity contribution in [2.75, 3.05) is 0 Å². The van der Waals surface area contributed by atoms with Crippen molar-refractivity contribution in [2.24, 2.45) is 4.99 Å². The monoisotopic (exact) mass is 393 g/mol. The van der Waals surface area contributed by atoms with Gasteiger partial charge in [0.1, 0.15) is 11.6 Å². The molecule has 0 aliphatic carbocycles. The van der Waals surface area contributed by atoms with E-state index in [1.807, 2.05) is 44.2 Å². The molecule has 0 N–H and O–H groups in total. The molecule has 0 fully saturated rings. The smallest absolute Gasteiger partial charge is 0.233 e. The van der Waals surface area contributed by atoms with Gasteiger partial charge in [-0.05, 0) is 50.5 Å². The minimum Gasteiger partial charge on any atom is -0.474 e. The highest BCUT2D eigenvalue weighted by atomic mass is 19.1. The molecule has 1 atom stereocenters. The van der Waals surface area contributed by atoms with E-state index in [0.717, 1.165) is 23.2 Å². The van der Waals surface area contributed by atoms with Crippen molar-refractivity contribution in [2.45, 2.75) is 38.8 Å². The van der Waals surface area contributed by atoms with Crippen LogP contribution in [0.25, 0.3) is 11.3 Å². The lowest BCUT2D eigenvalue weighted by Gasteiger charge is -2.09. The van der Waals surface area contributed by atoms with Gasteiger partial charge in [-0.25, -0.2) is 8.78 Å². The van der Waals surface area contributed by atoms with E-state index in [2.05, 4.69) is 15.2 Å². The van der Waals surface area contributed by atoms with Gasteiger partial charge in [0.2, 0.25) is 5.88 Å². The molecule has 4 rings (SSSR count). The van der Waals surface area contributed by atoms with E-state index in [4.69, 9.17) is 4.74 Å². The average Bonchev–Trinajstić information content (AvgIpc) is 3.18. The fraction of sp³-hybridized carbons (Fsp3) is 0.261. The molecule has 0 saturated heterocycles. The van der Waals surface area contributed by atoms with Gasteiger partial charge in [-0.2, -0.15) is 0 Å². The molecule has 0 bridgehead atoms. The molecule has 2 heterocycles. The molecule has 1 aliphatic rings. The van der Waals surface area contributed by atoms with Gasteiger partial charge < -0.3 is 4.74 Å². The van der Waals surface area contributed by atoms with E-state index in [9.17, 15) is 8.78 Å². The molecule has 0 spiro atoms. The molecule has 0 saturated carbocycles. The average molecular weight is 393 g/mol. The standard InChI is InChI=1S/C23H21F2N3O/c1-14(2)29-22-13-12-20(27-28-22)16-8-6-15(7-9-16)19-10-11-21(26-19)23-17(24)4-3-5-18(23)25/h3-9,12-14,19H,10-11H2,1-2H3. The Kier molecular flexibility index (Phi) is 5.34. The van der Waals surface area contributed by atoms with Crippen LogP contribution in [-0.2, 0) is 0 Å². The Morgan fingerprint density at radius 2 is 1.66 bits per heavy atom. The van der Waals surface area contributed by atoms with Crippen LogP contribution in [0.15, 0.2) is 59.6 Å². The predicted molar refractivity (Wildman–Crippen MR) is 108 cm³/mol. The van der Waals surface area contributed by atoms with Crippen LogP contribution in [0, 0.1) is 11.6 Å². The van der Waals surface area contributed by atoms with Crippen molar-refractivity contribution >= 4 is 5.71 Å². The Morgan fingerprint density at radius 3 is 2.28 bits per heavy atom. The van der Waals surface area contributed by atoms with Gasteiger partial charge in [0.15, 0.2) is 0 Å². The largest absolute Gasteiger partial charge is 0.474 e. The van der Waals surface area contributed by atoms with Crippen molar-refractivity contribution < 1.29 is 13.5 Å². The summed E-state index contributed by atoms with van der Waals surface area (Å²) in [6.07, 6.45) is 1.32. The van der Waals surface area contributed by atoms with Crippen LogP contribution in [-0.4, -0.2) is 22.0 Å². The molecule has 29 heavy (non-hydrogen) atoms. The maximum atomic E-state index is 14.0. The quantitative estimate of drug-likeness (QED) is 0.572.